The van der Waals surface area contributed by atoms with Gasteiger partial charge in [-0.3, -0.25) is 9.88 Å². The first kappa shape index (κ1) is 19.3. The van der Waals surface area contributed by atoms with E-state index >= 15 is 0 Å². The number of piperidine rings is 1. The number of hydrogen-bond donors (Lipinski definition) is 1. The van der Waals surface area contributed by atoms with Crippen LogP contribution in [-0.4, -0.2) is 45.5 Å². The lowest BCUT2D eigenvalue weighted by Gasteiger charge is -2.32. The fourth-order valence-electron chi connectivity index (χ4n) is 3.12. The molecule has 1 aliphatic heterocycles. The maximum Gasteiger partial charge on any atom is 0.433 e. The Labute approximate surface area is 156 Å². The van der Waals surface area contributed by atoms with Crippen molar-refractivity contribution >= 4 is 5.82 Å². The molecule has 0 bridgehead atoms. The summed E-state index contributed by atoms with van der Waals surface area (Å²) in [6, 6.07) is 4.24. The fraction of sp³-hybridized carbons (Fsp3) is 0.421. The van der Waals surface area contributed by atoms with E-state index in [9.17, 15) is 13.2 Å². The van der Waals surface area contributed by atoms with Crippen molar-refractivity contribution in [2.24, 2.45) is 0 Å². The topological polar surface area (TPSA) is 53.9 Å². The SMILES string of the molecule is C=C(C)CN1CCC(Nc2cc(C(F)(F)F)nc(-c3ccncc3)n2)CC1. The van der Waals surface area contributed by atoms with Gasteiger partial charge in [0.1, 0.15) is 5.82 Å². The first-order chi connectivity index (χ1) is 12.8. The Hall–Kier alpha value is -2.48. The molecule has 0 radical (unpaired) electrons. The van der Waals surface area contributed by atoms with Crippen molar-refractivity contribution in [3.63, 3.8) is 0 Å². The summed E-state index contributed by atoms with van der Waals surface area (Å²) in [6.45, 7) is 8.51. The number of anilines is 1. The van der Waals surface area contributed by atoms with E-state index in [-0.39, 0.29) is 17.7 Å². The highest BCUT2D eigenvalue weighted by Gasteiger charge is 2.34. The molecule has 1 saturated heterocycles. The number of pyridine rings is 1. The molecular weight excluding hydrogens is 355 g/mol. The van der Waals surface area contributed by atoms with Crippen LogP contribution in [0.25, 0.3) is 11.4 Å². The summed E-state index contributed by atoms with van der Waals surface area (Å²) in [5, 5.41) is 3.16. The van der Waals surface area contributed by atoms with Gasteiger partial charge >= 0.3 is 6.18 Å². The maximum absolute atomic E-state index is 13.3. The number of nitrogens with zero attached hydrogens (tertiary/aromatic N) is 4. The third-order valence-electron chi connectivity index (χ3n) is 4.39. The summed E-state index contributed by atoms with van der Waals surface area (Å²) in [6.07, 6.45) is 0.144. The molecule has 0 spiro atoms. The van der Waals surface area contributed by atoms with Crippen LogP contribution in [0.3, 0.4) is 0 Å². The van der Waals surface area contributed by atoms with Gasteiger partial charge in [0.2, 0.25) is 0 Å². The average molecular weight is 377 g/mol. The third-order valence-corrected chi connectivity index (χ3v) is 4.39. The molecular formula is C19H22F3N5. The number of alkyl halides is 3. The van der Waals surface area contributed by atoms with Crippen molar-refractivity contribution in [2.75, 3.05) is 25.0 Å². The van der Waals surface area contributed by atoms with Gasteiger partial charge in [-0.1, -0.05) is 12.2 Å². The number of nitrogens with one attached hydrogen (secondary N) is 1. The molecule has 144 valence electrons. The monoisotopic (exact) mass is 377 g/mol. The van der Waals surface area contributed by atoms with Crippen LogP contribution in [0.1, 0.15) is 25.5 Å². The summed E-state index contributed by atoms with van der Waals surface area (Å²) < 4.78 is 39.8. The lowest BCUT2D eigenvalue weighted by molar-refractivity contribution is -0.141. The van der Waals surface area contributed by atoms with Crippen LogP contribution in [0.2, 0.25) is 0 Å². The summed E-state index contributed by atoms with van der Waals surface area (Å²) in [7, 11) is 0. The Morgan fingerprint density at radius 2 is 1.89 bits per heavy atom. The summed E-state index contributed by atoms with van der Waals surface area (Å²) in [4.78, 5) is 14.2. The molecule has 0 amide bonds. The standard InChI is InChI=1S/C19H22F3N5/c1-13(2)12-27-9-5-15(6-10-27)24-17-11-16(19(20,21)22)25-18(26-17)14-3-7-23-8-4-14/h3-4,7-8,11,15H,1,5-6,9-10,12H2,2H3,(H,24,25,26). The summed E-state index contributed by atoms with van der Waals surface area (Å²) in [5.41, 5.74) is 0.649. The second-order valence-electron chi connectivity index (χ2n) is 6.85. The van der Waals surface area contributed by atoms with Gasteiger partial charge in [-0.25, -0.2) is 9.97 Å². The molecule has 2 aromatic rings. The average Bonchev–Trinajstić information content (AvgIpc) is 2.63. The molecule has 0 unspecified atom stereocenters. The van der Waals surface area contributed by atoms with Gasteiger partial charge in [-0.15, -0.1) is 0 Å². The van der Waals surface area contributed by atoms with E-state index in [0.29, 0.717) is 5.56 Å². The summed E-state index contributed by atoms with van der Waals surface area (Å²) >= 11 is 0. The van der Waals surface area contributed by atoms with Crippen LogP contribution in [0.4, 0.5) is 19.0 Å². The quantitative estimate of drug-likeness (QED) is 0.798. The molecule has 1 N–H and O–H groups in total. The van der Waals surface area contributed by atoms with Crippen molar-refractivity contribution < 1.29 is 13.2 Å². The van der Waals surface area contributed by atoms with Crippen molar-refractivity contribution in [1.29, 1.82) is 0 Å². The minimum Gasteiger partial charge on any atom is -0.367 e. The van der Waals surface area contributed by atoms with E-state index in [1.165, 1.54) is 12.4 Å². The minimum atomic E-state index is -4.54. The van der Waals surface area contributed by atoms with Crippen LogP contribution in [0.15, 0.2) is 42.7 Å². The first-order valence-corrected chi connectivity index (χ1v) is 8.81. The van der Waals surface area contributed by atoms with Crippen molar-refractivity contribution in [2.45, 2.75) is 32.0 Å². The molecule has 0 aromatic carbocycles. The van der Waals surface area contributed by atoms with Crippen LogP contribution in [0.5, 0.6) is 0 Å². The predicted octanol–water partition coefficient (Wildman–Crippen LogP) is 4.01. The number of rotatable bonds is 5. The number of hydrogen-bond acceptors (Lipinski definition) is 5. The molecule has 5 nitrogen and oxygen atoms in total. The maximum atomic E-state index is 13.3. The van der Waals surface area contributed by atoms with Crippen molar-refractivity contribution in [1.82, 2.24) is 19.9 Å². The first-order valence-electron chi connectivity index (χ1n) is 8.81. The highest BCUT2D eigenvalue weighted by atomic mass is 19.4. The molecule has 1 aliphatic rings. The number of aromatic nitrogens is 3. The molecule has 27 heavy (non-hydrogen) atoms. The minimum absolute atomic E-state index is 0.0365. The second-order valence-corrected chi connectivity index (χ2v) is 6.85. The van der Waals surface area contributed by atoms with Gasteiger partial charge in [0.25, 0.3) is 0 Å². The smallest absolute Gasteiger partial charge is 0.367 e. The Balaban J connectivity index is 1.78. The largest absolute Gasteiger partial charge is 0.433 e. The number of likely N-dealkylation sites (tertiary alicyclic amines) is 1. The third kappa shape index (κ3) is 5.26. The lowest BCUT2D eigenvalue weighted by atomic mass is 10.0. The fourth-order valence-corrected chi connectivity index (χ4v) is 3.12. The predicted molar refractivity (Wildman–Crippen MR) is 98.2 cm³/mol. The molecule has 0 atom stereocenters. The summed E-state index contributed by atoms with van der Waals surface area (Å²) in [5.74, 6) is 0.233. The van der Waals surface area contributed by atoms with Crippen LogP contribution >= 0.6 is 0 Å². The lowest BCUT2D eigenvalue weighted by Crippen LogP contribution is -2.39. The molecule has 1 fully saturated rings. The van der Waals surface area contributed by atoms with Crippen LogP contribution < -0.4 is 5.32 Å². The molecule has 0 saturated carbocycles. The van der Waals surface area contributed by atoms with Gasteiger partial charge in [0.05, 0.1) is 0 Å². The van der Waals surface area contributed by atoms with Crippen molar-refractivity contribution in [3.8, 4) is 11.4 Å². The second kappa shape index (κ2) is 8.04. The molecule has 0 aliphatic carbocycles. The van der Waals surface area contributed by atoms with E-state index < -0.39 is 11.9 Å². The van der Waals surface area contributed by atoms with Gasteiger partial charge in [0, 0.05) is 49.7 Å². The van der Waals surface area contributed by atoms with Crippen LogP contribution in [-0.2, 0) is 6.18 Å². The van der Waals surface area contributed by atoms with Crippen LogP contribution in [0, 0.1) is 0 Å². The Kier molecular flexibility index (Phi) is 5.74. The van der Waals surface area contributed by atoms with E-state index in [1.807, 2.05) is 6.92 Å². The molecule has 8 heteroatoms. The highest BCUT2D eigenvalue weighted by Crippen LogP contribution is 2.31. The number of halogens is 3. The van der Waals surface area contributed by atoms with Crippen molar-refractivity contribution in [3.05, 3.63) is 48.4 Å². The normalized spacial score (nSPS) is 16.3. The Morgan fingerprint density at radius 3 is 2.48 bits per heavy atom. The van der Waals surface area contributed by atoms with Gasteiger partial charge in [0.15, 0.2) is 11.5 Å². The molecule has 3 heterocycles. The highest BCUT2D eigenvalue weighted by molar-refractivity contribution is 5.57. The zero-order chi connectivity index (χ0) is 19.4. The Bertz CT molecular complexity index is 784. The molecule has 3 rings (SSSR count). The zero-order valence-electron chi connectivity index (χ0n) is 15.1. The van der Waals surface area contributed by atoms with E-state index in [4.69, 9.17) is 0 Å². The van der Waals surface area contributed by atoms with Gasteiger partial charge in [-0.05, 0) is 31.9 Å². The van der Waals surface area contributed by atoms with E-state index in [2.05, 4.69) is 31.7 Å². The van der Waals surface area contributed by atoms with Gasteiger partial charge < -0.3 is 5.32 Å². The van der Waals surface area contributed by atoms with E-state index in [0.717, 1.165) is 44.1 Å². The van der Waals surface area contributed by atoms with E-state index in [1.54, 1.807) is 12.1 Å². The molecule has 2 aromatic heterocycles. The van der Waals surface area contributed by atoms with Gasteiger partial charge in [-0.2, -0.15) is 13.2 Å². The Morgan fingerprint density at radius 1 is 1.22 bits per heavy atom. The zero-order valence-corrected chi connectivity index (χ0v) is 15.1.